The number of halogens is 1. The molecule has 0 spiro atoms. The van der Waals surface area contributed by atoms with Crippen LogP contribution in [0, 0.1) is 5.92 Å². The molecule has 1 fully saturated rings. The van der Waals surface area contributed by atoms with Crippen LogP contribution in [0.2, 0.25) is 5.02 Å². The van der Waals surface area contributed by atoms with Crippen LogP contribution in [0.3, 0.4) is 0 Å². The smallest absolute Gasteiger partial charge is 0.274 e. The molecule has 0 bridgehead atoms. The van der Waals surface area contributed by atoms with Crippen LogP contribution < -0.4 is 5.32 Å². The Hall–Kier alpha value is -1.89. The van der Waals surface area contributed by atoms with Crippen LogP contribution in [0.5, 0.6) is 0 Å². The van der Waals surface area contributed by atoms with Crippen LogP contribution in [0.4, 0.5) is 0 Å². The number of ether oxygens (including phenoxy) is 1. The maximum Gasteiger partial charge on any atom is 0.274 e. The van der Waals surface area contributed by atoms with Gasteiger partial charge in [0.1, 0.15) is 0 Å². The van der Waals surface area contributed by atoms with Crippen molar-refractivity contribution in [2.75, 3.05) is 32.8 Å². The molecule has 1 amide bonds. The first-order valence-electron chi connectivity index (χ1n) is 11.4. The lowest BCUT2D eigenvalue weighted by molar-refractivity contribution is 0.0297. The predicted molar refractivity (Wildman–Crippen MR) is 123 cm³/mol. The zero-order valence-electron chi connectivity index (χ0n) is 18.6. The fourth-order valence-corrected chi connectivity index (χ4v) is 4.79. The summed E-state index contributed by atoms with van der Waals surface area (Å²) in [7, 11) is 0. The Bertz CT molecular complexity index is 905. The molecule has 31 heavy (non-hydrogen) atoms. The molecule has 1 aliphatic carbocycles. The van der Waals surface area contributed by atoms with Gasteiger partial charge in [-0.1, -0.05) is 43.6 Å². The Labute approximate surface area is 189 Å². The van der Waals surface area contributed by atoms with Crippen LogP contribution in [-0.4, -0.2) is 59.5 Å². The first-order valence-corrected chi connectivity index (χ1v) is 11.8. The molecule has 4 rings (SSSR count). The SMILES string of the molecule is CC(C)Cn1nc(C(=O)N2CCOCC2)c2c1CCC(NCCc1ccccc1Cl)C2. The van der Waals surface area contributed by atoms with E-state index < -0.39 is 0 Å². The monoisotopic (exact) mass is 444 g/mol. The molecule has 6 nitrogen and oxygen atoms in total. The molecule has 1 aromatic carbocycles. The maximum absolute atomic E-state index is 13.3. The number of amides is 1. The second-order valence-corrected chi connectivity index (χ2v) is 9.40. The maximum atomic E-state index is 13.3. The number of nitrogens with one attached hydrogen (secondary N) is 1. The number of hydrogen-bond donors (Lipinski definition) is 1. The first-order chi connectivity index (χ1) is 15.0. The minimum atomic E-state index is 0.0544. The number of rotatable bonds is 7. The van der Waals surface area contributed by atoms with Crippen molar-refractivity contribution in [2.24, 2.45) is 5.92 Å². The van der Waals surface area contributed by atoms with Crippen LogP contribution in [0.15, 0.2) is 24.3 Å². The van der Waals surface area contributed by atoms with Gasteiger partial charge in [0.05, 0.1) is 13.2 Å². The fraction of sp³-hybridized carbons (Fsp3) is 0.583. The Morgan fingerprint density at radius 1 is 1.29 bits per heavy atom. The minimum absolute atomic E-state index is 0.0544. The van der Waals surface area contributed by atoms with Crippen molar-refractivity contribution in [1.29, 1.82) is 0 Å². The second kappa shape index (κ2) is 10.2. The molecule has 7 heteroatoms. The van der Waals surface area contributed by atoms with Crippen molar-refractivity contribution in [3.63, 3.8) is 0 Å². The number of nitrogens with zero attached hydrogens (tertiary/aromatic N) is 3. The van der Waals surface area contributed by atoms with Crippen molar-refractivity contribution in [2.45, 2.75) is 52.1 Å². The number of carbonyl (C=O) groups excluding carboxylic acids is 1. The van der Waals surface area contributed by atoms with Crippen molar-refractivity contribution in [3.05, 3.63) is 51.8 Å². The van der Waals surface area contributed by atoms with E-state index in [0.717, 1.165) is 49.4 Å². The van der Waals surface area contributed by atoms with E-state index in [-0.39, 0.29) is 5.91 Å². The molecule has 168 valence electrons. The third-order valence-electron chi connectivity index (χ3n) is 6.17. The van der Waals surface area contributed by atoms with Gasteiger partial charge in [0.2, 0.25) is 0 Å². The van der Waals surface area contributed by atoms with Crippen molar-refractivity contribution in [3.8, 4) is 0 Å². The zero-order valence-corrected chi connectivity index (χ0v) is 19.3. The molecule has 2 heterocycles. The van der Waals surface area contributed by atoms with Gasteiger partial charge < -0.3 is 15.0 Å². The quantitative estimate of drug-likeness (QED) is 0.711. The molecule has 1 saturated heterocycles. The van der Waals surface area contributed by atoms with Gasteiger partial charge in [-0.2, -0.15) is 5.10 Å². The highest BCUT2D eigenvalue weighted by Gasteiger charge is 2.31. The number of fused-ring (bicyclic) bond motifs is 1. The van der Waals surface area contributed by atoms with Crippen LogP contribution >= 0.6 is 11.6 Å². The van der Waals surface area contributed by atoms with Gasteiger partial charge >= 0.3 is 0 Å². The summed E-state index contributed by atoms with van der Waals surface area (Å²) in [6, 6.07) is 8.36. The number of aromatic nitrogens is 2. The number of morpholine rings is 1. The lowest BCUT2D eigenvalue weighted by Gasteiger charge is -2.28. The summed E-state index contributed by atoms with van der Waals surface area (Å²) in [6.45, 7) is 8.60. The molecular weight excluding hydrogens is 412 g/mol. The summed E-state index contributed by atoms with van der Waals surface area (Å²) in [5.41, 5.74) is 4.20. The summed E-state index contributed by atoms with van der Waals surface area (Å²) < 4.78 is 7.51. The average molecular weight is 445 g/mol. The summed E-state index contributed by atoms with van der Waals surface area (Å²) in [5.74, 6) is 0.542. The Balaban J connectivity index is 1.47. The Kier molecular flexibility index (Phi) is 7.31. The molecule has 2 aliphatic rings. The van der Waals surface area contributed by atoms with Gasteiger partial charge in [0, 0.05) is 42.0 Å². The minimum Gasteiger partial charge on any atom is -0.378 e. The summed E-state index contributed by atoms with van der Waals surface area (Å²) >= 11 is 6.30. The fourth-order valence-electron chi connectivity index (χ4n) is 4.56. The highest BCUT2D eigenvalue weighted by Crippen LogP contribution is 2.27. The molecular formula is C24H33ClN4O2. The van der Waals surface area contributed by atoms with Gasteiger partial charge in [0.15, 0.2) is 5.69 Å². The molecule has 2 aromatic rings. The molecule has 1 aromatic heterocycles. The van der Waals surface area contributed by atoms with E-state index in [1.165, 1.54) is 11.3 Å². The number of hydrogen-bond acceptors (Lipinski definition) is 4. The third-order valence-corrected chi connectivity index (χ3v) is 6.54. The topological polar surface area (TPSA) is 59.4 Å². The third kappa shape index (κ3) is 5.30. The summed E-state index contributed by atoms with van der Waals surface area (Å²) in [5, 5.41) is 9.34. The molecule has 0 saturated carbocycles. The van der Waals surface area contributed by atoms with Crippen molar-refractivity contribution < 1.29 is 9.53 Å². The average Bonchev–Trinajstić information content (AvgIpc) is 3.12. The molecule has 1 N–H and O–H groups in total. The molecule has 1 aliphatic heterocycles. The molecule has 0 radical (unpaired) electrons. The van der Waals surface area contributed by atoms with Gasteiger partial charge in [-0.15, -0.1) is 0 Å². The van der Waals surface area contributed by atoms with E-state index in [9.17, 15) is 4.79 Å². The highest BCUT2D eigenvalue weighted by molar-refractivity contribution is 6.31. The van der Waals surface area contributed by atoms with E-state index in [1.807, 2.05) is 23.1 Å². The predicted octanol–water partition coefficient (Wildman–Crippen LogP) is 3.35. The molecule has 1 atom stereocenters. The van der Waals surface area contributed by atoms with Gasteiger partial charge in [-0.25, -0.2) is 0 Å². The van der Waals surface area contributed by atoms with Crippen molar-refractivity contribution >= 4 is 17.5 Å². The highest BCUT2D eigenvalue weighted by atomic mass is 35.5. The molecule has 1 unspecified atom stereocenters. The number of carbonyl (C=O) groups is 1. The van der Waals surface area contributed by atoms with Crippen molar-refractivity contribution in [1.82, 2.24) is 20.0 Å². The van der Waals surface area contributed by atoms with Crippen LogP contribution in [0.1, 0.15) is 47.6 Å². The lowest BCUT2D eigenvalue weighted by Crippen LogP contribution is -2.42. The van der Waals surface area contributed by atoms with Gasteiger partial charge in [-0.3, -0.25) is 9.48 Å². The standard InChI is InChI=1S/C24H33ClN4O2/c1-17(2)16-29-22-8-7-19(26-10-9-18-5-3-4-6-21(18)25)15-20(22)23(27-29)24(30)28-11-13-31-14-12-28/h3-6,17,19,26H,7-16H2,1-2H3. The van der Waals surface area contributed by atoms with Crippen LogP contribution in [-0.2, 0) is 30.5 Å². The Morgan fingerprint density at radius 2 is 2.06 bits per heavy atom. The normalized spacial score (nSPS) is 19.0. The van der Waals surface area contributed by atoms with Gasteiger partial charge in [0.25, 0.3) is 5.91 Å². The lowest BCUT2D eigenvalue weighted by atomic mass is 9.90. The number of benzene rings is 1. The van der Waals surface area contributed by atoms with E-state index >= 15 is 0 Å². The van der Waals surface area contributed by atoms with E-state index in [2.05, 4.69) is 29.9 Å². The largest absolute Gasteiger partial charge is 0.378 e. The second-order valence-electron chi connectivity index (χ2n) is 8.99. The summed E-state index contributed by atoms with van der Waals surface area (Å²) in [6.07, 6.45) is 3.76. The van der Waals surface area contributed by atoms with Gasteiger partial charge in [-0.05, 0) is 49.8 Å². The Morgan fingerprint density at radius 3 is 2.81 bits per heavy atom. The van der Waals surface area contributed by atoms with E-state index in [4.69, 9.17) is 21.4 Å². The first kappa shape index (κ1) is 22.3. The summed E-state index contributed by atoms with van der Waals surface area (Å²) in [4.78, 5) is 15.2. The zero-order chi connectivity index (χ0) is 21.8. The van der Waals surface area contributed by atoms with E-state index in [1.54, 1.807) is 0 Å². The van der Waals surface area contributed by atoms with E-state index in [0.29, 0.717) is 44.0 Å². The van der Waals surface area contributed by atoms with Crippen LogP contribution in [0.25, 0.3) is 0 Å².